The van der Waals surface area contributed by atoms with Crippen molar-refractivity contribution in [1.29, 1.82) is 0 Å². The lowest BCUT2D eigenvalue weighted by molar-refractivity contribution is -0.140. The highest BCUT2D eigenvalue weighted by Gasteiger charge is 2.20. The first-order valence-corrected chi connectivity index (χ1v) is 5.28. The molecule has 1 atom stereocenters. The van der Waals surface area contributed by atoms with Crippen LogP contribution in [0.5, 0.6) is 0 Å². The maximum Gasteiger partial charge on any atom is 0.326 e. The number of hydrogen-bond donors (Lipinski definition) is 3. The highest BCUT2D eigenvalue weighted by molar-refractivity contribution is 7.80. The summed E-state index contributed by atoms with van der Waals surface area (Å²) in [7, 11) is 0. The third-order valence-electron chi connectivity index (χ3n) is 2.04. The summed E-state index contributed by atoms with van der Waals surface area (Å²) in [5.41, 5.74) is 5.65. The number of carbonyl (C=O) groups excluding carboxylic acids is 1. The number of rotatable bonds is 5. The zero-order valence-corrected chi connectivity index (χ0v) is 9.74. The van der Waals surface area contributed by atoms with E-state index in [1.165, 1.54) is 0 Å². The van der Waals surface area contributed by atoms with Crippen LogP contribution in [-0.2, 0) is 9.59 Å². The molecule has 0 saturated heterocycles. The fourth-order valence-electron chi connectivity index (χ4n) is 1.23. The van der Waals surface area contributed by atoms with Crippen LogP contribution in [0.2, 0.25) is 0 Å². The van der Waals surface area contributed by atoms with Gasteiger partial charge in [-0.3, -0.25) is 4.79 Å². The molecule has 90 valence electrons. The van der Waals surface area contributed by atoms with E-state index < -0.39 is 17.9 Å². The number of carbonyl (C=O) groups is 2. The second kappa shape index (κ2) is 5.95. The number of amides is 1. The molecule has 0 aromatic heterocycles. The Kier molecular flexibility index (Phi) is 4.59. The van der Waals surface area contributed by atoms with Gasteiger partial charge in [-0.15, -0.1) is 0 Å². The molecule has 0 spiro atoms. The summed E-state index contributed by atoms with van der Waals surface area (Å²) in [5.74, 6) is -1.86. The highest BCUT2D eigenvalue weighted by Crippen LogP contribution is 2.02. The lowest BCUT2D eigenvalue weighted by Gasteiger charge is -2.14. The van der Waals surface area contributed by atoms with Crippen molar-refractivity contribution >= 4 is 29.1 Å². The number of nitrogens with two attached hydrogens (primary N) is 1. The van der Waals surface area contributed by atoms with Gasteiger partial charge in [0.2, 0.25) is 5.91 Å². The predicted octanol–water partition coefficient (Wildman–Crippen LogP) is 0.280. The maximum atomic E-state index is 10.9. The van der Waals surface area contributed by atoms with Crippen molar-refractivity contribution in [1.82, 2.24) is 5.32 Å². The van der Waals surface area contributed by atoms with Crippen LogP contribution in [0.25, 0.3) is 0 Å². The third-order valence-corrected chi connectivity index (χ3v) is 2.40. The number of primary amides is 1. The standard InChI is InChI=1S/C11H12N2O3S/c12-9(14)6-8(11(15)16)13-10(17)7-4-2-1-3-5-7/h1-5,8H,6H2,(H2,12,14)(H,13,17)(H,15,16)/t8-/m0/s1. The molecule has 17 heavy (non-hydrogen) atoms. The Morgan fingerprint density at radius 1 is 1.35 bits per heavy atom. The van der Waals surface area contributed by atoms with Crippen molar-refractivity contribution < 1.29 is 14.7 Å². The van der Waals surface area contributed by atoms with E-state index >= 15 is 0 Å². The second-order valence-electron chi connectivity index (χ2n) is 3.40. The molecule has 5 nitrogen and oxygen atoms in total. The van der Waals surface area contributed by atoms with Crippen LogP contribution in [-0.4, -0.2) is 28.0 Å². The Balaban J connectivity index is 2.71. The summed E-state index contributed by atoms with van der Waals surface area (Å²) in [6.07, 6.45) is -0.303. The van der Waals surface area contributed by atoms with Gasteiger partial charge in [0.25, 0.3) is 0 Å². The van der Waals surface area contributed by atoms with Crippen LogP contribution in [0, 0.1) is 0 Å². The van der Waals surface area contributed by atoms with Crippen LogP contribution in [0.15, 0.2) is 30.3 Å². The summed E-state index contributed by atoms with van der Waals surface area (Å²) >= 11 is 5.04. The molecule has 0 bridgehead atoms. The van der Waals surface area contributed by atoms with Gasteiger partial charge in [-0.25, -0.2) is 4.79 Å². The van der Waals surface area contributed by atoms with Gasteiger partial charge in [-0.2, -0.15) is 0 Å². The molecule has 6 heteroatoms. The number of benzene rings is 1. The number of thiocarbonyl (C=S) groups is 1. The van der Waals surface area contributed by atoms with Crippen LogP contribution in [0.4, 0.5) is 0 Å². The molecule has 0 unspecified atom stereocenters. The molecule has 0 fully saturated rings. The highest BCUT2D eigenvalue weighted by atomic mass is 32.1. The van der Waals surface area contributed by atoms with Gasteiger partial charge >= 0.3 is 5.97 Å². The van der Waals surface area contributed by atoms with Gasteiger partial charge in [0.15, 0.2) is 0 Å². The average molecular weight is 252 g/mol. The number of carboxylic acid groups (broad SMARTS) is 1. The van der Waals surface area contributed by atoms with Crippen molar-refractivity contribution in [3.8, 4) is 0 Å². The topological polar surface area (TPSA) is 92.4 Å². The average Bonchev–Trinajstić information content (AvgIpc) is 2.28. The van der Waals surface area contributed by atoms with Crippen LogP contribution in [0.1, 0.15) is 12.0 Å². The third kappa shape index (κ3) is 4.20. The molecule has 0 aliphatic heterocycles. The zero-order valence-electron chi connectivity index (χ0n) is 8.92. The quantitative estimate of drug-likeness (QED) is 0.655. The molecule has 0 aliphatic carbocycles. The molecule has 0 saturated carbocycles. The monoisotopic (exact) mass is 252 g/mol. The molecule has 0 radical (unpaired) electrons. The van der Waals surface area contributed by atoms with Crippen molar-refractivity contribution in [2.75, 3.05) is 0 Å². The first kappa shape index (κ1) is 13.1. The SMILES string of the molecule is NC(=O)C[C@H](NC(=S)c1ccccc1)C(=O)O. The van der Waals surface area contributed by atoms with E-state index in [1.54, 1.807) is 24.3 Å². The first-order chi connectivity index (χ1) is 8.00. The smallest absolute Gasteiger partial charge is 0.326 e. The van der Waals surface area contributed by atoms with Crippen molar-refractivity contribution in [2.24, 2.45) is 5.73 Å². The Labute approximate surface area is 104 Å². The molecule has 1 aromatic carbocycles. The van der Waals surface area contributed by atoms with Gasteiger partial charge in [0, 0.05) is 5.56 Å². The molecule has 1 rings (SSSR count). The van der Waals surface area contributed by atoms with Gasteiger partial charge in [-0.05, 0) is 0 Å². The van der Waals surface area contributed by atoms with E-state index in [1.807, 2.05) is 6.07 Å². The van der Waals surface area contributed by atoms with E-state index in [-0.39, 0.29) is 11.4 Å². The van der Waals surface area contributed by atoms with E-state index in [0.717, 1.165) is 0 Å². The van der Waals surface area contributed by atoms with E-state index in [4.69, 9.17) is 23.1 Å². The van der Waals surface area contributed by atoms with Gasteiger partial charge < -0.3 is 16.2 Å². The lowest BCUT2D eigenvalue weighted by Crippen LogP contribution is -2.42. The predicted molar refractivity (Wildman–Crippen MR) is 66.5 cm³/mol. The number of aliphatic carboxylic acids is 1. The molecular weight excluding hydrogens is 240 g/mol. The van der Waals surface area contributed by atoms with Gasteiger partial charge in [0.05, 0.1) is 6.42 Å². The summed E-state index contributed by atoms with van der Waals surface area (Å²) in [5, 5.41) is 11.5. The number of carboxylic acids is 1. The van der Waals surface area contributed by atoms with Crippen LogP contribution < -0.4 is 11.1 Å². The molecular formula is C11H12N2O3S. The van der Waals surface area contributed by atoms with Crippen LogP contribution >= 0.6 is 12.2 Å². The molecule has 0 heterocycles. The molecule has 0 aliphatic rings. The van der Waals surface area contributed by atoms with Gasteiger partial charge in [-0.1, -0.05) is 42.5 Å². The summed E-state index contributed by atoms with van der Waals surface area (Å²) in [6.45, 7) is 0. The molecule has 4 N–H and O–H groups in total. The zero-order chi connectivity index (χ0) is 12.8. The molecule has 1 aromatic rings. The van der Waals surface area contributed by atoms with Crippen LogP contribution in [0.3, 0.4) is 0 Å². The van der Waals surface area contributed by atoms with E-state index in [0.29, 0.717) is 5.56 Å². The minimum absolute atomic E-state index is 0.277. The fourth-order valence-corrected chi connectivity index (χ4v) is 1.51. The number of nitrogens with one attached hydrogen (secondary N) is 1. The second-order valence-corrected chi connectivity index (χ2v) is 3.81. The summed E-state index contributed by atoms with van der Waals surface area (Å²) in [6, 6.07) is 7.79. The lowest BCUT2D eigenvalue weighted by atomic mass is 10.1. The number of hydrogen-bond acceptors (Lipinski definition) is 3. The maximum absolute atomic E-state index is 10.9. The van der Waals surface area contributed by atoms with E-state index in [9.17, 15) is 9.59 Å². The molecule has 1 amide bonds. The largest absolute Gasteiger partial charge is 0.480 e. The summed E-state index contributed by atoms with van der Waals surface area (Å²) < 4.78 is 0. The fraction of sp³-hybridized carbons (Fsp3) is 0.182. The normalized spacial score (nSPS) is 11.5. The van der Waals surface area contributed by atoms with Crippen molar-refractivity contribution in [3.63, 3.8) is 0 Å². The van der Waals surface area contributed by atoms with Gasteiger partial charge in [0.1, 0.15) is 11.0 Å². The van der Waals surface area contributed by atoms with Crippen molar-refractivity contribution in [2.45, 2.75) is 12.5 Å². The summed E-state index contributed by atoms with van der Waals surface area (Å²) in [4.78, 5) is 21.9. The Morgan fingerprint density at radius 2 is 1.94 bits per heavy atom. The Morgan fingerprint density at radius 3 is 2.41 bits per heavy atom. The van der Waals surface area contributed by atoms with Crippen molar-refractivity contribution in [3.05, 3.63) is 35.9 Å². The minimum Gasteiger partial charge on any atom is -0.480 e. The first-order valence-electron chi connectivity index (χ1n) is 4.87. The van der Waals surface area contributed by atoms with E-state index in [2.05, 4.69) is 5.32 Å². The Hall–Kier alpha value is -1.95. The Bertz CT molecular complexity index is 434. The minimum atomic E-state index is -1.16.